The van der Waals surface area contributed by atoms with Crippen molar-refractivity contribution in [3.8, 4) is 0 Å². The Balaban J connectivity index is 1.88. The first-order chi connectivity index (χ1) is 17.9. The van der Waals surface area contributed by atoms with Gasteiger partial charge < -0.3 is 10.2 Å². The van der Waals surface area contributed by atoms with E-state index >= 15 is 0 Å². The normalized spacial score (nSPS) is 11.7. The minimum absolute atomic E-state index is 0.128. The molecule has 1 atom stereocenters. The molecule has 1 unspecified atom stereocenters. The third-order valence-electron chi connectivity index (χ3n) is 5.93. The van der Waals surface area contributed by atoms with Crippen LogP contribution in [0.25, 0.3) is 0 Å². The van der Waals surface area contributed by atoms with Crippen LogP contribution in [-0.4, -0.2) is 35.1 Å². The van der Waals surface area contributed by atoms with Gasteiger partial charge in [0.2, 0.25) is 11.8 Å². The van der Waals surface area contributed by atoms with E-state index in [4.69, 9.17) is 34.8 Å². The van der Waals surface area contributed by atoms with Gasteiger partial charge in [-0.05, 0) is 35.7 Å². The number of halogens is 3. The molecule has 3 aromatic rings. The highest BCUT2D eigenvalue weighted by Crippen LogP contribution is 2.28. The highest BCUT2D eigenvalue weighted by Gasteiger charge is 2.31. The first-order valence-corrected chi connectivity index (χ1v) is 14.5. The highest BCUT2D eigenvalue weighted by molar-refractivity contribution is 7.99. The van der Waals surface area contributed by atoms with Gasteiger partial charge in [-0.15, -0.1) is 11.8 Å². The van der Waals surface area contributed by atoms with Crippen LogP contribution in [0.2, 0.25) is 15.1 Å². The van der Waals surface area contributed by atoms with Crippen LogP contribution in [-0.2, 0) is 28.3 Å². The Morgan fingerprint density at radius 3 is 2.22 bits per heavy atom. The quantitative estimate of drug-likeness (QED) is 0.215. The van der Waals surface area contributed by atoms with Crippen molar-refractivity contribution in [2.24, 2.45) is 0 Å². The summed E-state index contributed by atoms with van der Waals surface area (Å²) in [6, 6.07) is 21.8. The van der Waals surface area contributed by atoms with Gasteiger partial charge in [-0.2, -0.15) is 0 Å². The molecular weight excluding hydrogens is 547 g/mol. The van der Waals surface area contributed by atoms with Gasteiger partial charge in [0.25, 0.3) is 0 Å². The standard InChI is InChI=1S/C29H31Cl3N2O2S/c1-2-3-16-33-29(36)27(17-21-10-5-4-6-11-21)34(18-23-25(31)14-9-15-26(23)32)28(35)20-37-19-22-12-7-8-13-24(22)30/h4-15,27H,2-3,16-20H2,1H3,(H,33,36). The Kier molecular flexibility index (Phi) is 12.1. The van der Waals surface area contributed by atoms with E-state index < -0.39 is 6.04 Å². The van der Waals surface area contributed by atoms with Crippen molar-refractivity contribution < 1.29 is 9.59 Å². The summed E-state index contributed by atoms with van der Waals surface area (Å²) in [4.78, 5) is 28.8. The molecule has 0 saturated heterocycles. The van der Waals surface area contributed by atoms with Crippen LogP contribution in [0.3, 0.4) is 0 Å². The molecule has 8 heteroatoms. The van der Waals surface area contributed by atoms with Crippen molar-refractivity contribution in [3.63, 3.8) is 0 Å². The molecular formula is C29H31Cl3N2O2S. The zero-order chi connectivity index (χ0) is 26.6. The van der Waals surface area contributed by atoms with E-state index in [1.807, 2.05) is 54.6 Å². The zero-order valence-corrected chi connectivity index (χ0v) is 23.8. The number of hydrogen-bond acceptors (Lipinski definition) is 3. The number of carbonyl (C=O) groups is 2. The Bertz CT molecular complexity index is 1160. The molecule has 4 nitrogen and oxygen atoms in total. The number of carbonyl (C=O) groups excluding carboxylic acids is 2. The van der Waals surface area contributed by atoms with Gasteiger partial charge in [0, 0.05) is 45.9 Å². The Hall–Kier alpha value is -2.18. The molecule has 0 bridgehead atoms. The first-order valence-electron chi connectivity index (χ1n) is 12.3. The number of rotatable bonds is 13. The molecule has 0 aliphatic heterocycles. The summed E-state index contributed by atoms with van der Waals surface area (Å²) in [5.74, 6) is 0.406. The predicted octanol–water partition coefficient (Wildman–Crippen LogP) is 7.44. The van der Waals surface area contributed by atoms with Crippen LogP contribution in [0, 0.1) is 0 Å². The molecule has 196 valence electrons. The summed E-state index contributed by atoms with van der Waals surface area (Å²) in [6.45, 7) is 2.75. The lowest BCUT2D eigenvalue weighted by Crippen LogP contribution is -2.51. The zero-order valence-electron chi connectivity index (χ0n) is 20.8. The third kappa shape index (κ3) is 8.96. The lowest BCUT2D eigenvalue weighted by atomic mass is 10.0. The minimum Gasteiger partial charge on any atom is -0.354 e. The van der Waals surface area contributed by atoms with Crippen LogP contribution in [0.1, 0.15) is 36.5 Å². The van der Waals surface area contributed by atoms with Crippen LogP contribution in [0.4, 0.5) is 0 Å². The smallest absolute Gasteiger partial charge is 0.243 e. The van der Waals surface area contributed by atoms with Gasteiger partial charge in [0.05, 0.1) is 5.75 Å². The fourth-order valence-electron chi connectivity index (χ4n) is 3.86. The highest BCUT2D eigenvalue weighted by atomic mass is 35.5. The molecule has 0 aliphatic rings. The molecule has 0 fully saturated rings. The maximum atomic E-state index is 13.7. The summed E-state index contributed by atoms with van der Waals surface area (Å²) in [7, 11) is 0. The fourth-order valence-corrected chi connectivity index (χ4v) is 5.57. The first kappa shape index (κ1) is 29.4. The van der Waals surface area contributed by atoms with Crippen LogP contribution in [0.15, 0.2) is 72.8 Å². The van der Waals surface area contributed by atoms with Gasteiger partial charge >= 0.3 is 0 Å². The Labute approximate surface area is 238 Å². The van der Waals surface area contributed by atoms with Crippen LogP contribution in [0.5, 0.6) is 0 Å². The molecule has 0 heterocycles. The van der Waals surface area contributed by atoms with Crippen molar-refractivity contribution in [2.45, 2.75) is 44.5 Å². The van der Waals surface area contributed by atoms with Crippen LogP contribution >= 0.6 is 46.6 Å². The van der Waals surface area contributed by atoms with E-state index in [-0.39, 0.29) is 24.1 Å². The van der Waals surface area contributed by atoms with E-state index in [9.17, 15) is 9.59 Å². The molecule has 0 aliphatic carbocycles. The summed E-state index contributed by atoms with van der Waals surface area (Å²) in [5, 5.41) is 4.60. The van der Waals surface area contributed by atoms with E-state index in [2.05, 4.69) is 12.2 Å². The second kappa shape index (κ2) is 15.3. The predicted molar refractivity (Wildman–Crippen MR) is 156 cm³/mol. The van der Waals surface area contributed by atoms with Crippen molar-refractivity contribution in [2.75, 3.05) is 12.3 Å². The van der Waals surface area contributed by atoms with Crippen molar-refractivity contribution in [1.29, 1.82) is 0 Å². The van der Waals surface area contributed by atoms with Crippen molar-refractivity contribution in [1.82, 2.24) is 10.2 Å². The molecule has 37 heavy (non-hydrogen) atoms. The van der Waals surface area contributed by atoms with Gasteiger partial charge in [-0.1, -0.05) is 103 Å². The number of benzene rings is 3. The van der Waals surface area contributed by atoms with Crippen LogP contribution < -0.4 is 5.32 Å². The Morgan fingerprint density at radius 1 is 0.892 bits per heavy atom. The number of unbranched alkanes of at least 4 members (excludes halogenated alkanes) is 1. The van der Waals surface area contributed by atoms with E-state index in [1.54, 1.807) is 23.1 Å². The SMILES string of the molecule is CCCCNC(=O)C(Cc1ccccc1)N(Cc1c(Cl)cccc1Cl)C(=O)CSCc1ccccc1Cl. The summed E-state index contributed by atoms with van der Waals surface area (Å²) in [6.07, 6.45) is 2.20. The molecule has 3 aromatic carbocycles. The van der Waals surface area contributed by atoms with Gasteiger partial charge in [0.1, 0.15) is 6.04 Å². The van der Waals surface area contributed by atoms with Crippen molar-refractivity contribution in [3.05, 3.63) is 105 Å². The number of thioether (sulfide) groups is 1. The number of nitrogens with zero attached hydrogens (tertiary/aromatic N) is 1. The number of amides is 2. The second-order valence-electron chi connectivity index (χ2n) is 8.66. The maximum absolute atomic E-state index is 13.7. The second-order valence-corrected chi connectivity index (χ2v) is 10.9. The third-order valence-corrected chi connectivity index (χ3v) is 7.97. The van der Waals surface area contributed by atoms with E-state index in [1.165, 1.54) is 11.8 Å². The lowest BCUT2D eigenvalue weighted by molar-refractivity contribution is -0.139. The van der Waals surface area contributed by atoms with Gasteiger partial charge in [-0.3, -0.25) is 9.59 Å². The minimum atomic E-state index is -0.722. The fraction of sp³-hybridized carbons (Fsp3) is 0.310. The molecule has 0 aromatic heterocycles. The Morgan fingerprint density at radius 2 is 1.54 bits per heavy atom. The molecule has 0 radical (unpaired) electrons. The molecule has 0 saturated carbocycles. The maximum Gasteiger partial charge on any atom is 0.243 e. The summed E-state index contributed by atoms with van der Waals surface area (Å²) < 4.78 is 0. The monoisotopic (exact) mass is 576 g/mol. The number of hydrogen-bond donors (Lipinski definition) is 1. The van der Waals surface area contributed by atoms with Crippen molar-refractivity contribution >= 4 is 58.4 Å². The van der Waals surface area contributed by atoms with Gasteiger partial charge in [-0.25, -0.2) is 0 Å². The van der Waals surface area contributed by atoms with Gasteiger partial charge in [0.15, 0.2) is 0 Å². The molecule has 3 rings (SSSR count). The average molecular weight is 578 g/mol. The van der Waals surface area contributed by atoms with E-state index in [0.29, 0.717) is 39.3 Å². The average Bonchev–Trinajstić information content (AvgIpc) is 2.89. The molecule has 1 N–H and O–H groups in total. The van der Waals surface area contributed by atoms with E-state index in [0.717, 1.165) is 24.0 Å². The largest absolute Gasteiger partial charge is 0.354 e. The number of nitrogens with one attached hydrogen (secondary N) is 1. The molecule has 0 spiro atoms. The topological polar surface area (TPSA) is 49.4 Å². The summed E-state index contributed by atoms with van der Waals surface area (Å²) in [5.41, 5.74) is 2.54. The lowest BCUT2D eigenvalue weighted by Gasteiger charge is -2.32. The summed E-state index contributed by atoms with van der Waals surface area (Å²) >= 11 is 20.7. The molecule has 2 amide bonds.